The topological polar surface area (TPSA) is 34.5 Å². The van der Waals surface area contributed by atoms with Crippen LogP contribution in [0.1, 0.15) is 29.5 Å². The van der Waals surface area contributed by atoms with Crippen molar-refractivity contribution in [3.05, 3.63) is 52.0 Å². The first-order valence-corrected chi connectivity index (χ1v) is 8.97. The summed E-state index contributed by atoms with van der Waals surface area (Å²) < 4.78 is 0. The summed E-state index contributed by atoms with van der Waals surface area (Å²) in [6.45, 7) is 4.26. The van der Waals surface area contributed by atoms with Crippen LogP contribution in [0.3, 0.4) is 0 Å². The molecular formula is C16H18N2OS2. The molecule has 0 saturated heterocycles. The summed E-state index contributed by atoms with van der Waals surface area (Å²) in [5, 5.41) is 6.43. The van der Waals surface area contributed by atoms with E-state index in [1.165, 1.54) is 10.4 Å². The molecule has 3 rings (SSSR count). The lowest BCUT2D eigenvalue weighted by molar-refractivity contribution is 0.0163. The molecule has 0 fully saturated rings. The molecule has 0 radical (unpaired) electrons. The highest BCUT2D eigenvalue weighted by molar-refractivity contribution is 7.98. The van der Waals surface area contributed by atoms with Crippen LogP contribution in [0, 0.1) is 6.92 Å². The molecular weight excluding hydrogens is 300 g/mol. The molecule has 1 atom stereocenters. The van der Waals surface area contributed by atoms with Gasteiger partial charge < -0.3 is 4.84 Å². The fraction of sp³-hybridized carbons (Fsp3) is 0.375. The van der Waals surface area contributed by atoms with Crippen molar-refractivity contribution in [1.82, 2.24) is 4.98 Å². The molecule has 3 nitrogen and oxygen atoms in total. The van der Waals surface area contributed by atoms with Gasteiger partial charge in [-0.05, 0) is 43.0 Å². The van der Waals surface area contributed by atoms with E-state index in [0.29, 0.717) is 0 Å². The Morgan fingerprint density at radius 2 is 2.29 bits per heavy atom. The van der Waals surface area contributed by atoms with Crippen molar-refractivity contribution in [1.29, 1.82) is 0 Å². The molecule has 2 aromatic heterocycles. The number of thioether (sulfide) groups is 1. The summed E-state index contributed by atoms with van der Waals surface area (Å²) in [5.41, 5.74) is 3.28. The smallest absolute Gasteiger partial charge is 0.149 e. The van der Waals surface area contributed by atoms with Crippen LogP contribution < -0.4 is 0 Å². The second-order valence-corrected chi connectivity index (χ2v) is 7.40. The van der Waals surface area contributed by atoms with Crippen LogP contribution in [0.25, 0.3) is 0 Å². The minimum absolute atomic E-state index is 0.203. The molecule has 0 aromatic carbocycles. The molecule has 0 spiro atoms. The molecule has 1 aliphatic heterocycles. The van der Waals surface area contributed by atoms with E-state index >= 15 is 0 Å². The highest BCUT2D eigenvalue weighted by atomic mass is 32.2. The van der Waals surface area contributed by atoms with Gasteiger partial charge in [0, 0.05) is 24.1 Å². The standard InChI is InChI=1S/C16H18N2OS2/c1-12-6-8-21-15(12)14-9-16(2,19-18-14)11-20-10-13-5-3-4-7-17-13/h3-8H,9-11H2,1-2H3. The molecule has 3 heterocycles. The molecule has 0 amide bonds. The molecule has 1 unspecified atom stereocenters. The van der Waals surface area contributed by atoms with Crippen LogP contribution in [0.2, 0.25) is 0 Å². The number of rotatable bonds is 5. The van der Waals surface area contributed by atoms with Crippen molar-refractivity contribution >= 4 is 28.8 Å². The van der Waals surface area contributed by atoms with E-state index in [4.69, 9.17) is 4.84 Å². The van der Waals surface area contributed by atoms with Gasteiger partial charge in [0.05, 0.1) is 10.6 Å². The maximum absolute atomic E-state index is 5.72. The monoisotopic (exact) mass is 318 g/mol. The van der Waals surface area contributed by atoms with Crippen LogP contribution >= 0.6 is 23.1 Å². The molecule has 5 heteroatoms. The van der Waals surface area contributed by atoms with Gasteiger partial charge in [-0.3, -0.25) is 4.98 Å². The quantitative estimate of drug-likeness (QED) is 0.826. The Hall–Kier alpha value is -1.33. The molecule has 0 N–H and O–H groups in total. The number of nitrogens with zero attached hydrogens (tertiary/aromatic N) is 2. The first kappa shape index (κ1) is 14.6. The molecule has 1 aliphatic rings. The molecule has 0 aliphatic carbocycles. The summed E-state index contributed by atoms with van der Waals surface area (Å²) in [5.74, 6) is 1.83. The second-order valence-electron chi connectivity index (χ2n) is 5.50. The SMILES string of the molecule is Cc1ccsc1C1=NOC(C)(CSCc2ccccn2)C1. The first-order chi connectivity index (χ1) is 10.2. The lowest BCUT2D eigenvalue weighted by Gasteiger charge is -2.20. The van der Waals surface area contributed by atoms with Gasteiger partial charge in [0.2, 0.25) is 0 Å². The third-order valence-electron chi connectivity index (χ3n) is 3.43. The van der Waals surface area contributed by atoms with E-state index in [-0.39, 0.29) is 5.60 Å². The molecule has 0 bridgehead atoms. The fourth-order valence-electron chi connectivity index (χ4n) is 2.31. The highest BCUT2D eigenvalue weighted by Gasteiger charge is 2.35. The summed E-state index contributed by atoms with van der Waals surface area (Å²) in [6.07, 6.45) is 2.72. The van der Waals surface area contributed by atoms with Gasteiger partial charge in [-0.1, -0.05) is 11.2 Å². The number of hydrogen-bond donors (Lipinski definition) is 0. The van der Waals surface area contributed by atoms with Crippen molar-refractivity contribution in [2.75, 3.05) is 5.75 Å². The Morgan fingerprint density at radius 3 is 3.00 bits per heavy atom. The fourth-order valence-corrected chi connectivity index (χ4v) is 4.28. The van der Waals surface area contributed by atoms with Crippen LogP contribution in [-0.2, 0) is 10.6 Å². The van der Waals surface area contributed by atoms with E-state index in [1.54, 1.807) is 11.3 Å². The minimum Gasteiger partial charge on any atom is -0.388 e. The van der Waals surface area contributed by atoms with Gasteiger partial charge in [-0.2, -0.15) is 11.8 Å². The van der Waals surface area contributed by atoms with Crippen LogP contribution in [0.15, 0.2) is 41.0 Å². The largest absolute Gasteiger partial charge is 0.388 e. The lowest BCUT2D eigenvalue weighted by atomic mass is 10.0. The number of aryl methyl sites for hydroxylation is 1. The summed E-state index contributed by atoms with van der Waals surface area (Å²) in [6, 6.07) is 8.16. The predicted molar refractivity (Wildman–Crippen MR) is 90.1 cm³/mol. The number of aromatic nitrogens is 1. The number of pyridine rings is 1. The lowest BCUT2D eigenvalue weighted by Crippen LogP contribution is -2.28. The number of oxime groups is 1. The predicted octanol–water partition coefficient (Wildman–Crippen LogP) is 4.27. The number of hydrogen-bond acceptors (Lipinski definition) is 5. The molecule has 21 heavy (non-hydrogen) atoms. The Labute approximate surface area is 133 Å². The van der Waals surface area contributed by atoms with Gasteiger partial charge in [0.1, 0.15) is 11.3 Å². The third kappa shape index (κ3) is 3.47. The Kier molecular flexibility index (Phi) is 4.31. The van der Waals surface area contributed by atoms with Crippen molar-refractivity contribution in [2.45, 2.75) is 31.6 Å². The maximum atomic E-state index is 5.72. The van der Waals surface area contributed by atoms with Crippen LogP contribution in [0.5, 0.6) is 0 Å². The zero-order valence-electron chi connectivity index (χ0n) is 12.2. The van der Waals surface area contributed by atoms with E-state index in [2.05, 4.69) is 41.5 Å². The summed E-state index contributed by atoms with van der Waals surface area (Å²) >= 11 is 3.59. The third-order valence-corrected chi connectivity index (χ3v) is 5.81. The molecule has 110 valence electrons. The average molecular weight is 318 g/mol. The van der Waals surface area contributed by atoms with E-state index < -0.39 is 0 Å². The molecule has 2 aromatic rings. The summed E-state index contributed by atoms with van der Waals surface area (Å²) in [4.78, 5) is 11.3. The Morgan fingerprint density at radius 1 is 1.38 bits per heavy atom. The van der Waals surface area contributed by atoms with Crippen LogP contribution in [-0.4, -0.2) is 22.0 Å². The van der Waals surface area contributed by atoms with Gasteiger partial charge in [-0.25, -0.2) is 0 Å². The van der Waals surface area contributed by atoms with Crippen molar-refractivity contribution < 1.29 is 4.84 Å². The maximum Gasteiger partial charge on any atom is 0.149 e. The zero-order valence-corrected chi connectivity index (χ0v) is 13.8. The van der Waals surface area contributed by atoms with E-state index in [0.717, 1.165) is 29.3 Å². The van der Waals surface area contributed by atoms with Gasteiger partial charge in [0.25, 0.3) is 0 Å². The van der Waals surface area contributed by atoms with Crippen molar-refractivity contribution in [3.8, 4) is 0 Å². The van der Waals surface area contributed by atoms with Crippen molar-refractivity contribution in [2.24, 2.45) is 5.16 Å². The zero-order chi connectivity index (χ0) is 14.7. The van der Waals surface area contributed by atoms with Crippen molar-refractivity contribution in [3.63, 3.8) is 0 Å². The first-order valence-electron chi connectivity index (χ1n) is 6.93. The number of thiophene rings is 1. The summed E-state index contributed by atoms with van der Waals surface area (Å²) in [7, 11) is 0. The minimum atomic E-state index is -0.203. The Bertz CT molecular complexity index is 639. The van der Waals surface area contributed by atoms with Gasteiger partial charge in [-0.15, -0.1) is 11.3 Å². The van der Waals surface area contributed by atoms with E-state index in [9.17, 15) is 0 Å². The van der Waals surface area contributed by atoms with Crippen LogP contribution in [0.4, 0.5) is 0 Å². The normalized spacial score (nSPS) is 21.1. The van der Waals surface area contributed by atoms with E-state index in [1.807, 2.05) is 30.1 Å². The van der Waals surface area contributed by atoms with Gasteiger partial charge in [0.15, 0.2) is 0 Å². The second kappa shape index (κ2) is 6.20. The van der Waals surface area contributed by atoms with Gasteiger partial charge >= 0.3 is 0 Å². The molecule has 0 saturated carbocycles. The highest BCUT2D eigenvalue weighted by Crippen LogP contribution is 2.32. The Balaban J connectivity index is 1.54. The average Bonchev–Trinajstić information content (AvgIpc) is 3.06.